The van der Waals surface area contributed by atoms with Gasteiger partial charge >= 0.3 is 17.9 Å². The molecule has 6 nitrogen and oxygen atoms in total. The van der Waals surface area contributed by atoms with Gasteiger partial charge in [0.1, 0.15) is 13.2 Å². The number of carbonyl (C=O) groups excluding carboxylic acids is 3. The van der Waals surface area contributed by atoms with E-state index >= 15 is 0 Å². The van der Waals surface area contributed by atoms with E-state index in [0.29, 0.717) is 19.3 Å². The molecule has 0 bridgehead atoms. The van der Waals surface area contributed by atoms with Crippen LogP contribution >= 0.6 is 0 Å². The molecule has 0 saturated carbocycles. The molecule has 0 aromatic heterocycles. The van der Waals surface area contributed by atoms with Crippen LogP contribution in [0.5, 0.6) is 0 Å². The van der Waals surface area contributed by atoms with Crippen LogP contribution in [0.3, 0.4) is 0 Å². The number of unbranched alkanes of at least 4 members (excludes halogenated alkanes) is 50. The maximum atomic E-state index is 12.9. The largest absolute Gasteiger partial charge is 0.462 e. The Morgan fingerprint density at radius 3 is 0.688 bits per heavy atom. The number of hydrogen-bond donors (Lipinski definition) is 0. The molecule has 0 aromatic rings. The van der Waals surface area contributed by atoms with Gasteiger partial charge in [-0.3, -0.25) is 14.4 Å². The summed E-state index contributed by atoms with van der Waals surface area (Å²) in [6, 6.07) is 0. The highest BCUT2D eigenvalue weighted by Crippen LogP contribution is 2.19. The molecule has 0 spiro atoms. The zero-order valence-corrected chi connectivity index (χ0v) is 52.3. The predicted octanol–water partition coefficient (Wildman–Crippen LogP) is 23.8. The topological polar surface area (TPSA) is 78.9 Å². The molecular weight excluding hydrogens is 949 g/mol. The Labute approximate surface area is 481 Å². The van der Waals surface area contributed by atoms with E-state index in [2.05, 4.69) is 45.1 Å². The standard InChI is InChI=1S/C71H134O6/c1-4-7-10-13-16-19-22-24-26-28-30-32-34-35-37-38-40-42-44-46-49-52-55-58-61-64-70(73)76-67-68(66-75-69(72)63-60-57-54-51-48-21-18-15-12-9-6-3)77-71(74)65-62-59-56-53-50-47-45-43-41-39-36-33-31-29-27-25-23-20-17-14-11-8-5-2/h15,18,29,31,68H,4-14,16-17,19-28,30,32-67H2,1-3H3/b18-15-,31-29-. The Bertz CT molecular complexity index is 1240. The van der Waals surface area contributed by atoms with E-state index in [4.69, 9.17) is 14.2 Å². The fraction of sp³-hybridized carbons (Fsp3) is 0.901. The number of carbonyl (C=O) groups is 3. The molecule has 0 rings (SSSR count). The monoisotopic (exact) mass is 1080 g/mol. The van der Waals surface area contributed by atoms with Gasteiger partial charge in [-0.15, -0.1) is 0 Å². The first kappa shape index (κ1) is 74.9. The normalized spacial score (nSPS) is 12.1. The van der Waals surface area contributed by atoms with Gasteiger partial charge in [-0.2, -0.15) is 0 Å². The van der Waals surface area contributed by atoms with E-state index in [1.807, 2.05) is 0 Å². The third-order valence-corrected chi connectivity index (χ3v) is 15.9. The van der Waals surface area contributed by atoms with Crippen LogP contribution in [-0.2, 0) is 28.6 Å². The molecule has 0 aromatic carbocycles. The maximum Gasteiger partial charge on any atom is 0.306 e. The average Bonchev–Trinajstić information content (AvgIpc) is 3.43. The zero-order valence-electron chi connectivity index (χ0n) is 52.3. The summed E-state index contributed by atoms with van der Waals surface area (Å²) in [6.45, 7) is 6.67. The van der Waals surface area contributed by atoms with Crippen molar-refractivity contribution in [1.29, 1.82) is 0 Å². The maximum absolute atomic E-state index is 12.9. The van der Waals surface area contributed by atoms with Crippen molar-refractivity contribution in [3.63, 3.8) is 0 Å². The van der Waals surface area contributed by atoms with Crippen molar-refractivity contribution < 1.29 is 28.6 Å². The molecule has 6 heteroatoms. The van der Waals surface area contributed by atoms with Crippen molar-refractivity contribution in [3.05, 3.63) is 24.3 Å². The molecule has 0 heterocycles. The fourth-order valence-electron chi connectivity index (χ4n) is 10.7. The minimum Gasteiger partial charge on any atom is -0.462 e. The molecule has 0 N–H and O–H groups in total. The molecule has 1 unspecified atom stereocenters. The summed E-state index contributed by atoms with van der Waals surface area (Å²) in [7, 11) is 0. The molecule has 0 aliphatic carbocycles. The van der Waals surface area contributed by atoms with Crippen molar-refractivity contribution >= 4 is 17.9 Å². The van der Waals surface area contributed by atoms with Crippen molar-refractivity contribution in [2.24, 2.45) is 0 Å². The van der Waals surface area contributed by atoms with Gasteiger partial charge in [0.05, 0.1) is 0 Å². The third-order valence-electron chi connectivity index (χ3n) is 15.9. The van der Waals surface area contributed by atoms with Gasteiger partial charge in [-0.25, -0.2) is 0 Å². The molecule has 454 valence electrons. The summed E-state index contributed by atoms with van der Waals surface area (Å²) < 4.78 is 17.0. The molecular formula is C71H134O6. The van der Waals surface area contributed by atoms with Gasteiger partial charge in [0.2, 0.25) is 0 Å². The quantitative estimate of drug-likeness (QED) is 0.0261. The van der Waals surface area contributed by atoms with E-state index in [1.54, 1.807) is 0 Å². The summed E-state index contributed by atoms with van der Waals surface area (Å²) in [4.78, 5) is 38.3. The summed E-state index contributed by atoms with van der Waals surface area (Å²) >= 11 is 0. The van der Waals surface area contributed by atoms with E-state index in [-0.39, 0.29) is 31.1 Å². The van der Waals surface area contributed by atoms with Crippen molar-refractivity contribution in [2.45, 2.75) is 399 Å². The van der Waals surface area contributed by atoms with Crippen LogP contribution < -0.4 is 0 Å². The Kier molecular flexibility index (Phi) is 64.6. The number of allylic oxidation sites excluding steroid dienone is 4. The number of rotatable bonds is 65. The lowest BCUT2D eigenvalue weighted by atomic mass is 10.0. The smallest absolute Gasteiger partial charge is 0.306 e. The molecule has 1 atom stereocenters. The van der Waals surface area contributed by atoms with Crippen molar-refractivity contribution in [2.75, 3.05) is 13.2 Å². The van der Waals surface area contributed by atoms with Crippen molar-refractivity contribution in [3.8, 4) is 0 Å². The van der Waals surface area contributed by atoms with Crippen LogP contribution in [0.2, 0.25) is 0 Å². The second-order valence-electron chi connectivity index (χ2n) is 23.8. The summed E-state index contributed by atoms with van der Waals surface area (Å²) in [5, 5.41) is 0. The summed E-state index contributed by atoms with van der Waals surface area (Å²) in [5.74, 6) is -0.851. The minimum absolute atomic E-state index is 0.0688. The molecule has 77 heavy (non-hydrogen) atoms. The molecule has 0 fully saturated rings. The van der Waals surface area contributed by atoms with Gasteiger partial charge < -0.3 is 14.2 Å². The van der Waals surface area contributed by atoms with Crippen LogP contribution in [0.4, 0.5) is 0 Å². The second-order valence-corrected chi connectivity index (χ2v) is 23.8. The van der Waals surface area contributed by atoms with Crippen LogP contribution in [0, 0.1) is 0 Å². The lowest BCUT2D eigenvalue weighted by Crippen LogP contribution is -2.30. The van der Waals surface area contributed by atoms with Crippen LogP contribution in [0.15, 0.2) is 24.3 Å². The van der Waals surface area contributed by atoms with E-state index < -0.39 is 6.10 Å². The first-order chi connectivity index (χ1) is 38.0. The van der Waals surface area contributed by atoms with Gasteiger partial charge in [-0.1, -0.05) is 334 Å². The first-order valence-corrected chi connectivity index (χ1v) is 34.8. The van der Waals surface area contributed by atoms with E-state index in [1.165, 1.54) is 289 Å². The average molecular weight is 1080 g/mol. The third kappa shape index (κ3) is 64.6. The minimum atomic E-state index is -0.772. The highest BCUT2D eigenvalue weighted by Gasteiger charge is 2.19. The van der Waals surface area contributed by atoms with Gasteiger partial charge in [0, 0.05) is 19.3 Å². The van der Waals surface area contributed by atoms with Crippen LogP contribution in [0.1, 0.15) is 393 Å². The van der Waals surface area contributed by atoms with Gasteiger partial charge in [0.15, 0.2) is 6.10 Å². The summed E-state index contributed by atoms with van der Waals surface area (Å²) in [6.07, 6.45) is 80.7. The van der Waals surface area contributed by atoms with Crippen LogP contribution in [-0.4, -0.2) is 37.2 Å². The SMILES string of the molecule is CCCC/C=C\CCCCCCCC(=O)OCC(COC(=O)CCCCCCCCCCCCCCCCCCCCCCCCCCC)OC(=O)CCCCCCCCCCCCC/C=C\CCCCCCCCCC. The van der Waals surface area contributed by atoms with Crippen LogP contribution in [0.25, 0.3) is 0 Å². The number of hydrogen-bond acceptors (Lipinski definition) is 6. The summed E-state index contributed by atoms with van der Waals surface area (Å²) in [5.41, 5.74) is 0. The molecule has 0 amide bonds. The number of esters is 3. The Morgan fingerprint density at radius 2 is 0.442 bits per heavy atom. The second kappa shape index (κ2) is 66.4. The lowest BCUT2D eigenvalue weighted by Gasteiger charge is -2.18. The van der Waals surface area contributed by atoms with E-state index in [9.17, 15) is 14.4 Å². The zero-order chi connectivity index (χ0) is 55.7. The Hall–Kier alpha value is -2.11. The molecule has 0 aliphatic heterocycles. The first-order valence-electron chi connectivity index (χ1n) is 34.8. The fourth-order valence-corrected chi connectivity index (χ4v) is 10.7. The molecule has 0 saturated heterocycles. The van der Waals surface area contributed by atoms with Gasteiger partial charge in [0.25, 0.3) is 0 Å². The predicted molar refractivity (Wildman–Crippen MR) is 335 cm³/mol. The van der Waals surface area contributed by atoms with Crippen molar-refractivity contribution in [1.82, 2.24) is 0 Å². The highest BCUT2D eigenvalue weighted by molar-refractivity contribution is 5.71. The Morgan fingerprint density at radius 1 is 0.247 bits per heavy atom. The van der Waals surface area contributed by atoms with E-state index in [0.717, 1.165) is 64.2 Å². The Balaban J connectivity index is 4.17. The molecule has 0 radical (unpaired) electrons. The molecule has 0 aliphatic rings. The lowest BCUT2D eigenvalue weighted by molar-refractivity contribution is -0.167. The van der Waals surface area contributed by atoms with Gasteiger partial charge in [-0.05, 0) is 64.2 Å². The number of ether oxygens (including phenoxy) is 3. The highest BCUT2D eigenvalue weighted by atomic mass is 16.6.